The standard InChI is InChI=1S/C23H30N4O3/c28-21(25-11-4-1-5-12-25)9-6-10-22(29)26-13-15-27(16-14-26)23(30)20-17-18-7-2-3-8-19(18)24-20/h2-3,7-8,17,24H,1,4-6,9-16H2. The van der Waals surface area contributed by atoms with Gasteiger partial charge >= 0.3 is 0 Å². The number of nitrogens with one attached hydrogen (secondary N) is 1. The van der Waals surface area contributed by atoms with Crippen LogP contribution in [-0.4, -0.2) is 76.7 Å². The van der Waals surface area contributed by atoms with Gasteiger partial charge in [0, 0.05) is 63.0 Å². The maximum absolute atomic E-state index is 12.8. The summed E-state index contributed by atoms with van der Waals surface area (Å²) in [5, 5.41) is 1.02. The van der Waals surface area contributed by atoms with E-state index in [1.807, 2.05) is 40.1 Å². The Labute approximate surface area is 177 Å². The van der Waals surface area contributed by atoms with Gasteiger partial charge in [0.1, 0.15) is 5.69 Å². The number of carbonyl (C=O) groups excluding carboxylic acids is 3. The van der Waals surface area contributed by atoms with Crippen molar-refractivity contribution in [2.24, 2.45) is 0 Å². The van der Waals surface area contributed by atoms with Crippen molar-refractivity contribution in [1.82, 2.24) is 19.7 Å². The molecule has 7 heteroatoms. The van der Waals surface area contributed by atoms with Crippen molar-refractivity contribution in [3.63, 3.8) is 0 Å². The number of fused-ring (bicyclic) bond motifs is 1. The molecule has 0 atom stereocenters. The number of hydrogen-bond donors (Lipinski definition) is 1. The van der Waals surface area contributed by atoms with Gasteiger partial charge in [-0.1, -0.05) is 18.2 Å². The summed E-state index contributed by atoms with van der Waals surface area (Å²) in [6.07, 6.45) is 4.83. The molecule has 1 N–H and O–H groups in total. The Kier molecular flexibility index (Phi) is 6.35. The van der Waals surface area contributed by atoms with E-state index < -0.39 is 0 Å². The lowest BCUT2D eigenvalue weighted by molar-refractivity contribution is -0.134. The molecule has 0 bridgehead atoms. The molecule has 2 aromatic rings. The molecule has 1 aromatic carbocycles. The minimum absolute atomic E-state index is 0.0228. The Balaban J connectivity index is 1.21. The third kappa shape index (κ3) is 4.66. The van der Waals surface area contributed by atoms with Gasteiger partial charge in [-0.25, -0.2) is 0 Å². The number of piperazine rings is 1. The number of aromatic amines is 1. The molecule has 4 rings (SSSR count). The van der Waals surface area contributed by atoms with Crippen LogP contribution in [0.2, 0.25) is 0 Å². The molecule has 0 saturated carbocycles. The summed E-state index contributed by atoms with van der Waals surface area (Å²) < 4.78 is 0. The van der Waals surface area contributed by atoms with Crippen molar-refractivity contribution in [3.05, 3.63) is 36.0 Å². The maximum atomic E-state index is 12.8. The molecule has 0 spiro atoms. The summed E-state index contributed by atoms with van der Waals surface area (Å²) in [5.74, 6) is 0.237. The predicted molar refractivity (Wildman–Crippen MR) is 115 cm³/mol. The van der Waals surface area contributed by atoms with Crippen LogP contribution in [-0.2, 0) is 9.59 Å². The van der Waals surface area contributed by atoms with Crippen molar-refractivity contribution < 1.29 is 14.4 Å². The first-order valence-electron chi connectivity index (χ1n) is 11.0. The Morgan fingerprint density at radius 3 is 2.03 bits per heavy atom. The number of likely N-dealkylation sites (tertiary alicyclic amines) is 1. The minimum Gasteiger partial charge on any atom is -0.351 e. The summed E-state index contributed by atoms with van der Waals surface area (Å²) in [6.45, 7) is 3.88. The van der Waals surface area contributed by atoms with E-state index in [1.165, 1.54) is 6.42 Å². The molecule has 1 aromatic heterocycles. The number of H-pyrrole nitrogens is 1. The number of carbonyl (C=O) groups is 3. The van der Waals surface area contributed by atoms with Crippen molar-refractivity contribution in [3.8, 4) is 0 Å². The lowest BCUT2D eigenvalue weighted by Gasteiger charge is -2.34. The number of nitrogens with zero attached hydrogens (tertiary/aromatic N) is 3. The quantitative estimate of drug-likeness (QED) is 0.823. The molecule has 3 amide bonds. The van der Waals surface area contributed by atoms with Crippen molar-refractivity contribution in [2.45, 2.75) is 38.5 Å². The first-order chi connectivity index (χ1) is 14.6. The fraction of sp³-hybridized carbons (Fsp3) is 0.522. The van der Waals surface area contributed by atoms with E-state index in [2.05, 4.69) is 4.98 Å². The molecule has 0 aliphatic carbocycles. The Morgan fingerprint density at radius 2 is 1.37 bits per heavy atom. The van der Waals surface area contributed by atoms with E-state index in [9.17, 15) is 14.4 Å². The molecule has 7 nitrogen and oxygen atoms in total. The van der Waals surface area contributed by atoms with Gasteiger partial charge in [0.2, 0.25) is 11.8 Å². The lowest BCUT2D eigenvalue weighted by Crippen LogP contribution is -2.50. The molecule has 0 radical (unpaired) electrons. The molecular weight excluding hydrogens is 380 g/mol. The highest BCUT2D eigenvalue weighted by atomic mass is 16.2. The number of rotatable bonds is 5. The lowest BCUT2D eigenvalue weighted by atomic mass is 10.1. The van der Waals surface area contributed by atoms with Gasteiger partial charge in [0.15, 0.2) is 0 Å². The van der Waals surface area contributed by atoms with Gasteiger partial charge < -0.3 is 19.7 Å². The van der Waals surface area contributed by atoms with E-state index >= 15 is 0 Å². The molecule has 160 valence electrons. The van der Waals surface area contributed by atoms with E-state index in [0.717, 1.165) is 36.8 Å². The van der Waals surface area contributed by atoms with E-state index in [0.29, 0.717) is 51.1 Å². The number of para-hydroxylation sites is 1. The highest BCUT2D eigenvalue weighted by Crippen LogP contribution is 2.17. The molecule has 3 heterocycles. The van der Waals surface area contributed by atoms with Gasteiger partial charge in [-0.3, -0.25) is 14.4 Å². The zero-order valence-electron chi connectivity index (χ0n) is 17.4. The molecule has 2 saturated heterocycles. The minimum atomic E-state index is -0.0228. The monoisotopic (exact) mass is 410 g/mol. The first kappa shape index (κ1) is 20.4. The Hall–Kier alpha value is -2.83. The van der Waals surface area contributed by atoms with Crippen molar-refractivity contribution >= 4 is 28.6 Å². The average molecular weight is 411 g/mol. The second-order valence-electron chi connectivity index (χ2n) is 8.24. The Bertz CT molecular complexity index is 875. The first-order valence-corrected chi connectivity index (χ1v) is 11.0. The smallest absolute Gasteiger partial charge is 0.270 e. The molecule has 30 heavy (non-hydrogen) atoms. The SMILES string of the molecule is O=C(CCCC(=O)N1CCN(C(=O)c2cc3ccccc3[nH]2)CC1)N1CCCCC1. The fourth-order valence-electron chi connectivity index (χ4n) is 4.37. The van der Waals surface area contributed by atoms with Crippen LogP contribution in [0.1, 0.15) is 49.0 Å². The highest BCUT2D eigenvalue weighted by molar-refractivity contribution is 5.98. The van der Waals surface area contributed by atoms with Crippen LogP contribution in [0.5, 0.6) is 0 Å². The Morgan fingerprint density at radius 1 is 0.767 bits per heavy atom. The van der Waals surface area contributed by atoms with Gasteiger partial charge in [-0.05, 0) is 37.8 Å². The molecule has 2 aliphatic rings. The van der Waals surface area contributed by atoms with Crippen LogP contribution >= 0.6 is 0 Å². The number of aromatic nitrogens is 1. The zero-order valence-corrected chi connectivity index (χ0v) is 17.4. The largest absolute Gasteiger partial charge is 0.351 e. The van der Waals surface area contributed by atoms with Crippen LogP contribution in [0.15, 0.2) is 30.3 Å². The van der Waals surface area contributed by atoms with E-state index in [1.54, 1.807) is 4.90 Å². The van der Waals surface area contributed by atoms with E-state index in [-0.39, 0.29) is 17.7 Å². The van der Waals surface area contributed by atoms with Crippen molar-refractivity contribution in [1.29, 1.82) is 0 Å². The third-order valence-electron chi connectivity index (χ3n) is 6.17. The van der Waals surface area contributed by atoms with Crippen LogP contribution in [0.25, 0.3) is 10.9 Å². The van der Waals surface area contributed by atoms with Crippen LogP contribution in [0.4, 0.5) is 0 Å². The summed E-state index contributed by atoms with van der Waals surface area (Å²) in [5.41, 5.74) is 1.54. The second-order valence-corrected chi connectivity index (χ2v) is 8.24. The molecule has 2 fully saturated rings. The summed E-state index contributed by atoms with van der Waals surface area (Å²) >= 11 is 0. The average Bonchev–Trinajstić information content (AvgIpc) is 3.23. The zero-order chi connectivity index (χ0) is 20.9. The molecule has 2 aliphatic heterocycles. The van der Waals surface area contributed by atoms with Gasteiger partial charge in [-0.15, -0.1) is 0 Å². The van der Waals surface area contributed by atoms with Crippen LogP contribution in [0, 0.1) is 0 Å². The normalized spacial score (nSPS) is 17.4. The topological polar surface area (TPSA) is 76.7 Å². The third-order valence-corrected chi connectivity index (χ3v) is 6.17. The maximum Gasteiger partial charge on any atom is 0.270 e. The summed E-state index contributed by atoms with van der Waals surface area (Å²) in [4.78, 5) is 46.3. The molecule has 0 unspecified atom stereocenters. The molecular formula is C23H30N4O3. The van der Waals surface area contributed by atoms with Gasteiger partial charge in [-0.2, -0.15) is 0 Å². The highest BCUT2D eigenvalue weighted by Gasteiger charge is 2.26. The van der Waals surface area contributed by atoms with Gasteiger partial charge in [0.05, 0.1) is 0 Å². The predicted octanol–water partition coefficient (Wildman–Crippen LogP) is 2.64. The van der Waals surface area contributed by atoms with Crippen molar-refractivity contribution in [2.75, 3.05) is 39.3 Å². The summed E-state index contributed by atoms with van der Waals surface area (Å²) in [7, 11) is 0. The second kappa shape index (κ2) is 9.32. The number of piperidine rings is 1. The number of benzene rings is 1. The number of hydrogen-bond acceptors (Lipinski definition) is 3. The number of amides is 3. The van der Waals surface area contributed by atoms with Gasteiger partial charge in [0.25, 0.3) is 5.91 Å². The van der Waals surface area contributed by atoms with Crippen LogP contribution in [0.3, 0.4) is 0 Å². The summed E-state index contributed by atoms with van der Waals surface area (Å²) in [6, 6.07) is 9.72. The van der Waals surface area contributed by atoms with E-state index in [4.69, 9.17) is 0 Å². The van der Waals surface area contributed by atoms with Crippen LogP contribution < -0.4 is 0 Å². The fourth-order valence-corrected chi connectivity index (χ4v) is 4.37.